The molecule has 0 aliphatic carbocycles. The molecule has 0 saturated heterocycles. The molecule has 0 fully saturated rings. The van der Waals surface area contributed by atoms with Crippen molar-refractivity contribution in [3.63, 3.8) is 0 Å². The van der Waals surface area contributed by atoms with E-state index in [9.17, 15) is 0 Å². The molecule has 56 heavy (non-hydrogen) atoms. The Morgan fingerprint density at radius 1 is 0.232 bits per heavy atom. The lowest BCUT2D eigenvalue weighted by Gasteiger charge is -2.16. The van der Waals surface area contributed by atoms with Gasteiger partial charge >= 0.3 is 0 Å². The maximum atomic E-state index is 2.45. The highest BCUT2D eigenvalue weighted by atomic mass is 15.0. The van der Waals surface area contributed by atoms with Crippen LogP contribution in [-0.4, -0.2) is 9.13 Å². The largest absolute Gasteiger partial charge is 0.309 e. The Morgan fingerprint density at radius 2 is 0.714 bits per heavy atom. The number of para-hydroxylation sites is 3. The maximum Gasteiger partial charge on any atom is 0.0541 e. The standard InChI is InChI=1S/C54H34N2/c1-3-14-35(15-4-1)40-22-13-23-46-42-29-28-39(34-47(42)41-18-7-8-21-45(41)54(40)46)56-51-25-12-10-20-44(51)49-33-37(27-31-53(49)56)36-26-30-52-48(32-36)43-19-9-11-24-50(43)55(52)38-16-5-2-6-17-38/h1-34H. The summed E-state index contributed by atoms with van der Waals surface area (Å²) in [5.74, 6) is 0. The Morgan fingerprint density at radius 3 is 1.36 bits per heavy atom. The van der Waals surface area contributed by atoms with Gasteiger partial charge in [0.2, 0.25) is 0 Å². The van der Waals surface area contributed by atoms with E-state index < -0.39 is 0 Å². The highest BCUT2D eigenvalue weighted by Crippen LogP contribution is 2.43. The molecule has 0 aliphatic heterocycles. The van der Waals surface area contributed by atoms with Gasteiger partial charge in [-0.2, -0.15) is 0 Å². The minimum Gasteiger partial charge on any atom is -0.309 e. The molecule has 0 N–H and O–H groups in total. The first-order chi connectivity index (χ1) is 27.8. The van der Waals surface area contributed by atoms with Crippen molar-refractivity contribution < 1.29 is 0 Å². The van der Waals surface area contributed by atoms with Crippen LogP contribution in [0.5, 0.6) is 0 Å². The maximum absolute atomic E-state index is 2.45. The van der Waals surface area contributed by atoms with Gasteiger partial charge in [-0.3, -0.25) is 0 Å². The fourth-order valence-electron chi connectivity index (χ4n) is 9.43. The van der Waals surface area contributed by atoms with Crippen LogP contribution in [0.15, 0.2) is 206 Å². The smallest absolute Gasteiger partial charge is 0.0541 e. The SMILES string of the molecule is c1ccc(-c2cccc3c4ccc(-n5c6ccccc6c6cc(-c7ccc8c(c7)c7ccccc7n8-c7ccccc7)ccc65)cc4c4ccccc4c23)cc1. The summed E-state index contributed by atoms with van der Waals surface area (Å²) >= 11 is 0. The Labute approximate surface area is 323 Å². The van der Waals surface area contributed by atoms with Crippen molar-refractivity contribution >= 4 is 75.9 Å². The Kier molecular flexibility index (Phi) is 6.66. The second-order valence-electron chi connectivity index (χ2n) is 14.9. The fraction of sp³-hybridized carbons (Fsp3) is 0. The van der Waals surface area contributed by atoms with E-state index in [-0.39, 0.29) is 0 Å². The van der Waals surface area contributed by atoms with Gasteiger partial charge in [-0.25, -0.2) is 0 Å². The Bertz CT molecular complexity index is 3480. The molecule has 260 valence electrons. The van der Waals surface area contributed by atoms with E-state index in [1.807, 2.05) is 0 Å². The number of benzene rings is 10. The van der Waals surface area contributed by atoms with E-state index in [0.29, 0.717) is 0 Å². The first-order valence-corrected chi connectivity index (χ1v) is 19.4. The summed E-state index contributed by atoms with van der Waals surface area (Å²) in [5, 5.41) is 12.7. The van der Waals surface area contributed by atoms with Crippen molar-refractivity contribution in [3.8, 4) is 33.6 Å². The molecule has 0 unspecified atom stereocenters. The summed E-state index contributed by atoms with van der Waals surface area (Å²) in [6.45, 7) is 0. The lowest BCUT2D eigenvalue weighted by atomic mass is 9.89. The van der Waals surface area contributed by atoms with Crippen molar-refractivity contribution in [2.75, 3.05) is 0 Å². The number of hydrogen-bond acceptors (Lipinski definition) is 0. The topological polar surface area (TPSA) is 9.86 Å². The van der Waals surface area contributed by atoms with Crippen LogP contribution in [0.25, 0.3) is 110 Å². The molecule has 10 aromatic carbocycles. The predicted octanol–water partition coefficient (Wildman–Crippen LogP) is 14.7. The molecular weight excluding hydrogens is 677 g/mol. The third-order valence-corrected chi connectivity index (χ3v) is 11.9. The van der Waals surface area contributed by atoms with E-state index in [1.54, 1.807) is 0 Å². The van der Waals surface area contributed by atoms with Crippen molar-refractivity contribution in [3.05, 3.63) is 206 Å². The van der Waals surface area contributed by atoms with Gasteiger partial charge in [-0.1, -0.05) is 146 Å². The highest BCUT2D eigenvalue weighted by Gasteiger charge is 2.18. The quantitative estimate of drug-likeness (QED) is 0.161. The van der Waals surface area contributed by atoms with E-state index in [0.717, 1.165) is 5.69 Å². The van der Waals surface area contributed by atoms with Gasteiger partial charge in [0.1, 0.15) is 0 Å². The Hall–Kier alpha value is -7.42. The number of nitrogens with zero attached hydrogens (tertiary/aromatic N) is 2. The zero-order valence-corrected chi connectivity index (χ0v) is 30.5. The molecule has 0 saturated carbocycles. The third-order valence-electron chi connectivity index (χ3n) is 11.9. The lowest BCUT2D eigenvalue weighted by molar-refractivity contribution is 1.18. The molecule has 2 heteroatoms. The van der Waals surface area contributed by atoms with E-state index >= 15 is 0 Å². The number of aromatic nitrogens is 2. The van der Waals surface area contributed by atoms with Gasteiger partial charge in [0.25, 0.3) is 0 Å². The fourth-order valence-corrected chi connectivity index (χ4v) is 9.43. The van der Waals surface area contributed by atoms with Crippen molar-refractivity contribution in [2.45, 2.75) is 0 Å². The summed E-state index contributed by atoms with van der Waals surface area (Å²) in [6, 6.07) is 75.7. The monoisotopic (exact) mass is 710 g/mol. The van der Waals surface area contributed by atoms with Gasteiger partial charge in [0.05, 0.1) is 22.1 Å². The lowest BCUT2D eigenvalue weighted by Crippen LogP contribution is -1.95. The molecule has 0 radical (unpaired) electrons. The average Bonchev–Trinajstić information content (AvgIpc) is 3.79. The molecule has 12 aromatic rings. The summed E-state index contributed by atoms with van der Waals surface area (Å²) in [5.41, 5.74) is 12.1. The number of fused-ring (bicyclic) bond motifs is 12. The molecule has 2 aromatic heterocycles. The van der Waals surface area contributed by atoms with Gasteiger partial charge in [0.15, 0.2) is 0 Å². The molecule has 2 heterocycles. The zero-order valence-electron chi connectivity index (χ0n) is 30.5. The molecule has 12 rings (SSSR count). The second kappa shape index (κ2) is 12.0. The van der Waals surface area contributed by atoms with E-state index in [2.05, 4.69) is 215 Å². The molecule has 0 aliphatic rings. The summed E-state index contributed by atoms with van der Waals surface area (Å²) in [7, 11) is 0. The first-order valence-electron chi connectivity index (χ1n) is 19.4. The van der Waals surface area contributed by atoms with Crippen LogP contribution in [0.3, 0.4) is 0 Å². The molecular formula is C54H34N2. The predicted molar refractivity (Wildman–Crippen MR) is 239 cm³/mol. The van der Waals surface area contributed by atoms with Gasteiger partial charge in [0, 0.05) is 32.9 Å². The Balaban J connectivity index is 1.05. The van der Waals surface area contributed by atoms with Crippen molar-refractivity contribution in [1.82, 2.24) is 9.13 Å². The van der Waals surface area contributed by atoms with Crippen LogP contribution in [-0.2, 0) is 0 Å². The van der Waals surface area contributed by atoms with E-state index in [4.69, 9.17) is 0 Å². The van der Waals surface area contributed by atoms with Gasteiger partial charge in [-0.15, -0.1) is 0 Å². The number of hydrogen-bond donors (Lipinski definition) is 0. The molecule has 0 bridgehead atoms. The third kappa shape index (κ3) is 4.50. The van der Waals surface area contributed by atoms with Crippen LogP contribution in [0.2, 0.25) is 0 Å². The number of rotatable bonds is 4. The van der Waals surface area contributed by atoms with Crippen LogP contribution in [0.4, 0.5) is 0 Å². The van der Waals surface area contributed by atoms with E-state index in [1.165, 1.54) is 104 Å². The minimum absolute atomic E-state index is 1.16. The summed E-state index contributed by atoms with van der Waals surface area (Å²) in [6.07, 6.45) is 0. The summed E-state index contributed by atoms with van der Waals surface area (Å²) < 4.78 is 4.83. The molecule has 0 atom stereocenters. The average molecular weight is 711 g/mol. The minimum atomic E-state index is 1.16. The van der Waals surface area contributed by atoms with Crippen molar-refractivity contribution in [2.24, 2.45) is 0 Å². The molecule has 0 amide bonds. The zero-order chi connectivity index (χ0) is 36.7. The highest BCUT2D eigenvalue weighted by molar-refractivity contribution is 6.28. The summed E-state index contributed by atoms with van der Waals surface area (Å²) in [4.78, 5) is 0. The normalized spacial score (nSPS) is 11.9. The van der Waals surface area contributed by atoms with Gasteiger partial charge in [-0.05, 0) is 115 Å². The molecule has 2 nitrogen and oxygen atoms in total. The molecule has 0 spiro atoms. The second-order valence-corrected chi connectivity index (χ2v) is 14.9. The van der Waals surface area contributed by atoms with Crippen LogP contribution < -0.4 is 0 Å². The van der Waals surface area contributed by atoms with Crippen molar-refractivity contribution in [1.29, 1.82) is 0 Å². The van der Waals surface area contributed by atoms with Crippen LogP contribution in [0, 0.1) is 0 Å². The van der Waals surface area contributed by atoms with Crippen LogP contribution in [0.1, 0.15) is 0 Å². The van der Waals surface area contributed by atoms with Gasteiger partial charge < -0.3 is 9.13 Å². The van der Waals surface area contributed by atoms with Crippen LogP contribution >= 0.6 is 0 Å². The first kappa shape index (κ1) is 31.0.